The molecule has 1 aromatic carbocycles. The molecule has 1 aliphatic heterocycles. The van der Waals surface area contributed by atoms with Gasteiger partial charge in [0.2, 0.25) is 0 Å². The van der Waals surface area contributed by atoms with Crippen molar-refractivity contribution in [3.05, 3.63) is 29.8 Å². The minimum absolute atomic E-state index is 0.339. The summed E-state index contributed by atoms with van der Waals surface area (Å²) in [4.78, 5) is 0. The number of hydrogen-bond acceptors (Lipinski definition) is 2. The molecule has 1 heterocycles. The minimum atomic E-state index is 0.339. The van der Waals surface area contributed by atoms with Crippen LogP contribution in [0.15, 0.2) is 24.3 Å². The summed E-state index contributed by atoms with van der Waals surface area (Å²) in [5, 5.41) is 0. The molecule has 1 aromatic rings. The quantitative estimate of drug-likeness (QED) is 0.792. The van der Waals surface area contributed by atoms with Crippen LogP contribution in [0.25, 0.3) is 0 Å². The van der Waals surface area contributed by atoms with E-state index >= 15 is 0 Å². The summed E-state index contributed by atoms with van der Waals surface area (Å²) in [6, 6.07) is 8.27. The molecule has 2 rings (SSSR count). The average molecular weight is 191 g/mol. The molecule has 0 fully saturated rings. The fourth-order valence-corrected chi connectivity index (χ4v) is 1.93. The van der Waals surface area contributed by atoms with Gasteiger partial charge in [-0.3, -0.25) is 0 Å². The molecule has 0 bridgehead atoms. The molecule has 14 heavy (non-hydrogen) atoms. The number of benzene rings is 1. The lowest BCUT2D eigenvalue weighted by atomic mass is 10.0. The van der Waals surface area contributed by atoms with Crippen LogP contribution in [0.2, 0.25) is 0 Å². The standard InChI is InChI=1S/C12H17NO/c1-9(8-13)6-11-7-10-4-2-3-5-12(10)14-11/h2-5,9,11H,6-8,13H2,1H3. The monoisotopic (exact) mass is 191 g/mol. The zero-order chi connectivity index (χ0) is 9.97. The van der Waals surface area contributed by atoms with E-state index in [1.807, 2.05) is 12.1 Å². The van der Waals surface area contributed by atoms with E-state index in [-0.39, 0.29) is 0 Å². The van der Waals surface area contributed by atoms with Crippen LogP contribution in [-0.4, -0.2) is 12.6 Å². The van der Waals surface area contributed by atoms with Crippen molar-refractivity contribution in [2.75, 3.05) is 6.54 Å². The van der Waals surface area contributed by atoms with Crippen LogP contribution < -0.4 is 10.5 Å². The van der Waals surface area contributed by atoms with Gasteiger partial charge in [0.25, 0.3) is 0 Å². The van der Waals surface area contributed by atoms with Gasteiger partial charge in [0, 0.05) is 6.42 Å². The smallest absolute Gasteiger partial charge is 0.123 e. The Morgan fingerprint density at radius 3 is 3.00 bits per heavy atom. The lowest BCUT2D eigenvalue weighted by Gasteiger charge is -2.14. The third-order valence-electron chi connectivity index (χ3n) is 2.78. The topological polar surface area (TPSA) is 35.2 Å². The first-order valence-corrected chi connectivity index (χ1v) is 5.24. The molecule has 76 valence electrons. The molecule has 0 aromatic heterocycles. The van der Waals surface area contributed by atoms with Gasteiger partial charge in [-0.15, -0.1) is 0 Å². The van der Waals surface area contributed by atoms with Crippen molar-refractivity contribution in [2.24, 2.45) is 11.7 Å². The van der Waals surface area contributed by atoms with Gasteiger partial charge in [0.15, 0.2) is 0 Å². The van der Waals surface area contributed by atoms with E-state index in [9.17, 15) is 0 Å². The Hall–Kier alpha value is -1.02. The Bertz CT molecular complexity index is 286. The van der Waals surface area contributed by atoms with Gasteiger partial charge in [0.1, 0.15) is 11.9 Å². The molecule has 2 unspecified atom stereocenters. The summed E-state index contributed by atoms with van der Waals surface area (Å²) >= 11 is 0. The van der Waals surface area contributed by atoms with Crippen LogP contribution in [0.1, 0.15) is 18.9 Å². The van der Waals surface area contributed by atoms with Crippen molar-refractivity contribution in [3.63, 3.8) is 0 Å². The van der Waals surface area contributed by atoms with E-state index in [4.69, 9.17) is 10.5 Å². The number of para-hydroxylation sites is 1. The van der Waals surface area contributed by atoms with Crippen LogP contribution in [0.3, 0.4) is 0 Å². The molecular formula is C12H17NO. The summed E-state index contributed by atoms with van der Waals surface area (Å²) < 4.78 is 5.82. The SMILES string of the molecule is CC(CN)CC1Cc2ccccc2O1. The van der Waals surface area contributed by atoms with Crippen LogP contribution in [0.5, 0.6) is 5.75 Å². The molecule has 0 amide bonds. The molecule has 0 radical (unpaired) electrons. The summed E-state index contributed by atoms with van der Waals surface area (Å²) in [7, 11) is 0. The Balaban J connectivity index is 1.98. The van der Waals surface area contributed by atoms with E-state index in [0.29, 0.717) is 12.0 Å². The summed E-state index contributed by atoms with van der Waals surface area (Å²) in [5.74, 6) is 1.61. The highest BCUT2D eigenvalue weighted by Gasteiger charge is 2.23. The highest BCUT2D eigenvalue weighted by atomic mass is 16.5. The van der Waals surface area contributed by atoms with Crippen LogP contribution >= 0.6 is 0 Å². The molecule has 0 aliphatic carbocycles. The van der Waals surface area contributed by atoms with E-state index in [0.717, 1.165) is 25.1 Å². The van der Waals surface area contributed by atoms with Crippen molar-refractivity contribution < 1.29 is 4.74 Å². The second-order valence-corrected chi connectivity index (χ2v) is 4.13. The van der Waals surface area contributed by atoms with E-state index in [1.54, 1.807) is 0 Å². The van der Waals surface area contributed by atoms with Crippen LogP contribution in [0.4, 0.5) is 0 Å². The van der Waals surface area contributed by atoms with Crippen molar-refractivity contribution in [1.82, 2.24) is 0 Å². The Morgan fingerprint density at radius 2 is 2.29 bits per heavy atom. The molecule has 2 nitrogen and oxygen atoms in total. The summed E-state index contributed by atoms with van der Waals surface area (Å²) in [6.07, 6.45) is 2.44. The zero-order valence-corrected chi connectivity index (χ0v) is 8.57. The van der Waals surface area contributed by atoms with Crippen molar-refractivity contribution in [1.29, 1.82) is 0 Å². The molecule has 0 saturated heterocycles. The maximum Gasteiger partial charge on any atom is 0.123 e. The summed E-state index contributed by atoms with van der Waals surface area (Å²) in [5.41, 5.74) is 6.93. The Labute approximate surface area is 85.1 Å². The zero-order valence-electron chi connectivity index (χ0n) is 8.57. The number of rotatable bonds is 3. The van der Waals surface area contributed by atoms with Gasteiger partial charge < -0.3 is 10.5 Å². The van der Waals surface area contributed by atoms with E-state index in [1.165, 1.54) is 5.56 Å². The summed E-state index contributed by atoms with van der Waals surface area (Å²) in [6.45, 7) is 2.92. The predicted octanol–water partition coefficient (Wildman–Crippen LogP) is 1.98. The van der Waals surface area contributed by atoms with Gasteiger partial charge in [-0.25, -0.2) is 0 Å². The highest BCUT2D eigenvalue weighted by molar-refractivity contribution is 5.37. The van der Waals surface area contributed by atoms with Crippen molar-refractivity contribution in [2.45, 2.75) is 25.9 Å². The van der Waals surface area contributed by atoms with Gasteiger partial charge >= 0.3 is 0 Å². The van der Waals surface area contributed by atoms with E-state index in [2.05, 4.69) is 19.1 Å². The van der Waals surface area contributed by atoms with Crippen LogP contribution in [-0.2, 0) is 6.42 Å². The van der Waals surface area contributed by atoms with Crippen LogP contribution in [0, 0.1) is 5.92 Å². The number of hydrogen-bond donors (Lipinski definition) is 1. The van der Waals surface area contributed by atoms with E-state index < -0.39 is 0 Å². The largest absolute Gasteiger partial charge is 0.490 e. The number of ether oxygens (including phenoxy) is 1. The van der Waals surface area contributed by atoms with Crippen molar-refractivity contribution in [3.8, 4) is 5.75 Å². The first-order valence-electron chi connectivity index (χ1n) is 5.24. The number of fused-ring (bicyclic) bond motifs is 1. The first kappa shape index (κ1) is 9.53. The second-order valence-electron chi connectivity index (χ2n) is 4.13. The lowest BCUT2D eigenvalue weighted by Crippen LogP contribution is -2.21. The van der Waals surface area contributed by atoms with Gasteiger partial charge in [-0.2, -0.15) is 0 Å². The number of nitrogens with two attached hydrogens (primary N) is 1. The molecular weight excluding hydrogens is 174 g/mol. The maximum atomic E-state index is 5.82. The van der Waals surface area contributed by atoms with Gasteiger partial charge in [0.05, 0.1) is 0 Å². The lowest BCUT2D eigenvalue weighted by molar-refractivity contribution is 0.199. The third kappa shape index (κ3) is 1.90. The van der Waals surface area contributed by atoms with Gasteiger partial charge in [-0.05, 0) is 30.5 Å². The third-order valence-corrected chi connectivity index (χ3v) is 2.78. The fraction of sp³-hybridized carbons (Fsp3) is 0.500. The molecule has 1 aliphatic rings. The Morgan fingerprint density at radius 1 is 1.50 bits per heavy atom. The second kappa shape index (κ2) is 4.01. The maximum absolute atomic E-state index is 5.82. The predicted molar refractivity (Wildman–Crippen MR) is 57.4 cm³/mol. The average Bonchev–Trinajstić information content (AvgIpc) is 2.59. The highest BCUT2D eigenvalue weighted by Crippen LogP contribution is 2.30. The molecule has 0 spiro atoms. The minimum Gasteiger partial charge on any atom is -0.490 e. The molecule has 0 saturated carbocycles. The first-order chi connectivity index (χ1) is 6.79. The molecule has 2 atom stereocenters. The molecule has 2 heteroatoms. The fourth-order valence-electron chi connectivity index (χ4n) is 1.93. The van der Waals surface area contributed by atoms with Crippen molar-refractivity contribution >= 4 is 0 Å². The normalized spacial score (nSPS) is 21.4. The Kier molecular flexibility index (Phi) is 2.73. The molecule has 2 N–H and O–H groups in total. The van der Waals surface area contributed by atoms with Gasteiger partial charge in [-0.1, -0.05) is 25.1 Å².